The maximum atomic E-state index is 12.4. The molecule has 0 aliphatic carbocycles. The molecule has 1 N–H and O–H groups in total. The minimum atomic E-state index is -0.452. The molecule has 1 fully saturated rings. The number of nitrogens with zero attached hydrogens (tertiary/aromatic N) is 1. The predicted molar refractivity (Wildman–Crippen MR) is 103 cm³/mol. The molecule has 0 radical (unpaired) electrons. The monoisotopic (exact) mass is 366 g/mol. The number of halogens is 1. The minimum Gasteiger partial charge on any atom is -0.444 e. The zero-order valence-electron chi connectivity index (χ0n) is 16.0. The Bertz CT molecular complexity index is 585. The van der Waals surface area contributed by atoms with Crippen LogP contribution in [0.25, 0.3) is 0 Å². The number of benzene rings is 1. The quantitative estimate of drug-likeness (QED) is 0.781. The zero-order valence-corrected chi connectivity index (χ0v) is 16.8. The van der Waals surface area contributed by atoms with Crippen molar-refractivity contribution < 1.29 is 9.53 Å². The van der Waals surface area contributed by atoms with E-state index in [-0.39, 0.29) is 24.2 Å². The Morgan fingerprint density at radius 1 is 1.36 bits per heavy atom. The van der Waals surface area contributed by atoms with Crippen LogP contribution in [-0.2, 0) is 4.74 Å². The second kappa shape index (κ2) is 8.41. The molecular formula is C20H31ClN2O2. The van der Waals surface area contributed by atoms with Gasteiger partial charge in [0.15, 0.2) is 0 Å². The summed E-state index contributed by atoms with van der Waals surface area (Å²) in [6, 6.07) is 8.59. The van der Waals surface area contributed by atoms with Gasteiger partial charge in [0.1, 0.15) is 5.60 Å². The predicted octanol–water partition coefficient (Wildman–Crippen LogP) is 5.17. The Hall–Kier alpha value is -1.26. The highest BCUT2D eigenvalue weighted by Crippen LogP contribution is 2.26. The average molecular weight is 367 g/mol. The summed E-state index contributed by atoms with van der Waals surface area (Å²) in [5.41, 5.74) is 0.651. The van der Waals surface area contributed by atoms with Gasteiger partial charge in [-0.15, -0.1) is 0 Å². The van der Waals surface area contributed by atoms with E-state index in [0.29, 0.717) is 0 Å². The van der Waals surface area contributed by atoms with Gasteiger partial charge in [-0.3, -0.25) is 0 Å². The number of likely N-dealkylation sites (tertiary alicyclic amines) is 1. The number of hydrogen-bond donors (Lipinski definition) is 1. The zero-order chi connectivity index (χ0) is 18.6. The van der Waals surface area contributed by atoms with Crippen molar-refractivity contribution in [1.82, 2.24) is 10.2 Å². The first-order valence-corrected chi connectivity index (χ1v) is 9.55. The standard InChI is InChI=1S/C20H31ClN2O2/c1-14(22-15(2)17-10-6-7-11-18(17)21)13-16-9-8-12-23(16)19(24)25-20(3,4)5/h6-7,10-11,14-16,22H,8-9,12-13H2,1-5H3/t14?,15-,16?/m0/s1. The molecule has 4 nitrogen and oxygen atoms in total. The first-order chi connectivity index (χ1) is 11.7. The van der Waals surface area contributed by atoms with Crippen molar-refractivity contribution in [2.45, 2.75) is 77.6 Å². The molecule has 25 heavy (non-hydrogen) atoms. The summed E-state index contributed by atoms with van der Waals surface area (Å²) in [4.78, 5) is 14.3. The summed E-state index contributed by atoms with van der Waals surface area (Å²) in [5, 5.41) is 4.39. The summed E-state index contributed by atoms with van der Waals surface area (Å²) in [6.07, 6.45) is 2.79. The van der Waals surface area contributed by atoms with Crippen molar-refractivity contribution in [3.63, 3.8) is 0 Å². The van der Waals surface area contributed by atoms with E-state index in [1.165, 1.54) is 0 Å². The molecule has 1 amide bonds. The molecule has 1 aromatic carbocycles. The Morgan fingerprint density at radius 2 is 2.04 bits per heavy atom. The Balaban J connectivity index is 1.91. The van der Waals surface area contributed by atoms with Crippen LogP contribution < -0.4 is 5.32 Å². The molecule has 0 aromatic heterocycles. The molecule has 2 unspecified atom stereocenters. The lowest BCUT2D eigenvalue weighted by Crippen LogP contribution is -2.42. The van der Waals surface area contributed by atoms with Crippen LogP contribution in [0.4, 0.5) is 4.79 Å². The number of hydrogen-bond acceptors (Lipinski definition) is 3. The van der Waals surface area contributed by atoms with Gasteiger partial charge in [-0.1, -0.05) is 29.8 Å². The van der Waals surface area contributed by atoms with Crippen molar-refractivity contribution in [3.05, 3.63) is 34.9 Å². The van der Waals surface area contributed by atoms with Crippen LogP contribution in [0.3, 0.4) is 0 Å². The van der Waals surface area contributed by atoms with Gasteiger partial charge in [-0.2, -0.15) is 0 Å². The second-order valence-corrected chi connectivity index (χ2v) is 8.42. The van der Waals surface area contributed by atoms with E-state index in [4.69, 9.17) is 16.3 Å². The van der Waals surface area contributed by atoms with Crippen molar-refractivity contribution >= 4 is 17.7 Å². The molecule has 0 spiro atoms. The van der Waals surface area contributed by atoms with Crippen molar-refractivity contribution in [2.75, 3.05) is 6.54 Å². The summed E-state index contributed by atoms with van der Waals surface area (Å²) in [6.45, 7) is 10.8. The largest absolute Gasteiger partial charge is 0.444 e. The normalized spacial score (nSPS) is 20.4. The first-order valence-electron chi connectivity index (χ1n) is 9.17. The van der Waals surface area contributed by atoms with Crippen LogP contribution >= 0.6 is 11.6 Å². The van der Waals surface area contributed by atoms with E-state index in [9.17, 15) is 4.79 Å². The SMILES string of the molecule is CC(CC1CCCN1C(=O)OC(C)(C)C)N[C@@H](C)c1ccccc1Cl. The summed E-state index contributed by atoms with van der Waals surface area (Å²) in [7, 11) is 0. The molecule has 1 heterocycles. The summed E-state index contributed by atoms with van der Waals surface area (Å²) >= 11 is 6.29. The Morgan fingerprint density at radius 3 is 2.68 bits per heavy atom. The molecule has 0 bridgehead atoms. The average Bonchev–Trinajstić information content (AvgIpc) is 2.93. The number of carbonyl (C=O) groups excluding carboxylic acids is 1. The molecular weight excluding hydrogens is 336 g/mol. The van der Waals surface area contributed by atoms with Gasteiger partial charge >= 0.3 is 6.09 Å². The molecule has 1 aromatic rings. The van der Waals surface area contributed by atoms with Gasteiger partial charge < -0.3 is 15.0 Å². The number of carbonyl (C=O) groups is 1. The van der Waals surface area contributed by atoms with E-state index in [1.54, 1.807) is 0 Å². The molecule has 140 valence electrons. The molecule has 0 saturated carbocycles. The first kappa shape index (κ1) is 20.1. The van der Waals surface area contributed by atoms with E-state index in [0.717, 1.165) is 36.4 Å². The van der Waals surface area contributed by atoms with E-state index >= 15 is 0 Å². The van der Waals surface area contributed by atoms with Crippen LogP contribution in [0.1, 0.15) is 65.5 Å². The fraction of sp³-hybridized carbons (Fsp3) is 0.650. The van der Waals surface area contributed by atoms with E-state index in [1.807, 2.05) is 43.9 Å². The fourth-order valence-corrected chi connectivity index (χ4v) is 3.76. The topological polar surface area (TPSA) is 41.6 Å². The second-order valence-electron chi connectivity index (χ2n) is 8.02. The number of ether oxygens (including phenoxy) is 1. The minimum absolute atomic E-state index is 0.167. The smallest absolute Gasteiger partial charge is 0.410 e. The lowest BCUT2D eigenvalue weighted by Gasteiger charge is -2.31. The number of nitrogens with one attached hydrogen (secondary N) is 1. The molecule has 2 rings (SSSR count). The number of rotatable bonds is 5. The van der Waals surface area contributed by atoms with Crippen LogP contribution in [0.2, 0.25) is 5.02 Å². The molecule has 5 heteroatoms. The fourth-order valence-electron chi connectivity index (χ4n) is 3.46. The Kier molecular flexibility index (Phi) is 6.75. The van der Waals surface area contributed by atoms with Crippen LogP contribution in [0.15, 0.2) is 24.3 Å². The summed E-state index contributed by atoms with van der Waals surface area (Å²) < 4.78 is 5.55. The van der Waals surface area contributed by atoms with Gasteiger partial charge in [-0.25, -0.2) is 4.79 Å². The maximum absolute atomic E-state index is 12.4. The van der Waals surface area contributed by atoms with Gasteiger partial charge in [0.2, 0.25) is 0 Å². The lowest BCUT2D eigenvalue weighted by molar-refractivity contribution is 0.0214. The molecule has 1 saturated heterocycles. The molecule has 1 aliphatic rings. The number of amides is 1. The third kappa shape index (κ3) is 5.89. The maximum Gasteiger partial charge on any atom is 0.410 e. The third-order valence-corrected chi connectivity index (χ3v) is 4.88. The van der Waals surface area contributed by atoms with Crippen LogP contribution in [-0.4, -0.2) is 35.2 Å². The molecule has 1 aliphatic heterocycles. The van der Waals surface area contributed by atoms with Crippen molar-refractivity contribution in [2.24, 2.45) is 0 Å². The highest BCUT2D eigenvalue weighted by atomic mass is 35.5. The van der Waals surface area contributed by atoms with Gasteiger partial charge in [0, 0.05) is 29.7 Å². The Labute approximate surface area is 156 Å². The van der Waals surface area contributed by atoms with E-state index in [2.05, 4.69) is 25.2 Å². The highest BCUT2D eigenvalue weighted by Gasteiger charge is 2.33. The molecule has 3 atom stereocenters. The van der Waals surface area contributed by atoms with Crippen molar-refractivity contribution in [3.8, 4) is 0 Å². The third-order valence-electron chi connectivity index (χ3n) is 4.54. The van der Waals surface area contributed by atoms with Crippen LogP contribution in [0, 0.1) is 0 Å². The van der Waals surface area contributed by atoms with Crippen molar-refractivity contribution in [1.29, 1.82) is 0 Å². The van der Waals surface area contributed by atoms with Gasteiger partial charge in [-0.05, 0) is 65.5 Å². The summed E-state index contributed by atoms with van der Waals surface area (Å²) in [5.74, 6) is 0. The van der Waals surface area contributed by atoms with Gasteiger partial charge in [0.05, 0.1) is 0 Å². The highest BCUT2D eigenvalue weighted by molar-refractivity contribution is 6.31. The van der Waals surface area contributed by atoms with Gasteiger partial charge in [0.25, 0.3) is 0 Å². The van der Waals surface area contributed by atoms with Crippen LogP contribution in [0.5, 0.6) is 0 Å². The van der Waals surface area contributed by atoms with E-state index < -0.39 is 5.60 Å². The lowest BCUT2D eigenvalue weighted by atomic mass is 10.0.